The molecule has 1 fully saturated rings. The van der Waals surface area contributed by atoms with Gasteiger partial charge in [0.25, 0.3) is 5.91 Å². The Morgan fingerprint density at radius 2 is 2.20 bits per heavy atom. The highest BCUT2D eigenvalue weighted by Gasteiger charge is 2.29. The Morgan fingerprint density at radius 1 is 1.28 bits per heavy atom. The minimum Gasteiger partial charge on any atom is -0.336 e. The van der Waals surface area contributed by atoms with E-state index in [-0.39, 0.29) is 11.8 Å². The summed E-state index contributed by atoms with van der Waals surface area (Å²) in [6.07, 6.45) is 5.53. The molecule has 3 aromatic heterocycles. The molecule has 25 heavy (non-hydrogen) atoms. The summed E-state index contributed by atoms with van der Waals surface area (Å²) >= 11 is 0. The molecule has 0 unspecified atom stereocenters. The minimum absolute atomic E-state index is 0.0956. The van der Waals surface area contributed by atoms with Gasteiger partial charge < -0.3 is 10.6 Å². The van der Waals surface area contributed by atoms with Crippen molar-refractivity contribution in [3.63, 3.8) is 0 Å². The van der Waals surface area contributed by atoms with Crippen LogP contribution in [0.3, 0.4) is 0 Å². The molecule has 0 aromatic carbocycles. The van der Waals surface area contributed by atoms with E-state index in [0.29, 0.717) is 25.3 Å². The van der Waals surface area contributed by atoms with Crippen LogP contribution in [0.4, 0.5) is 0 Å². The third kappa shape index (κ3) is 2.98. The zero-order valence-corrected chi connectivity index (χ0v) is 13.8. The molecule has 0 aliphatic carbocycles. The fourth-order valence-electron chi connectivity index (χ4n) is 3.31. The predicted molar refractivity (Wildman–Crippen MR) is 89.9 cm³/mol. The molecule has 0 radical (unpaired) electrons. The van der Waals surface area contributed by atoms with Gasteiger partial charge in [-0.15, -0.1) is 15.3 Å². The third-order valence-electron chi connectivity index (χ3n) is 4.53. The minimum atomic E-state index is -0.0956. The van der Waals surface area contributed by atoms with Crippen molar-refractivity contribution in [2.75, 3.05) is 19.6 Å². The van der Waals surface area contributed by atoms with E-state index < -0.39 is 0 Å². The van der Waals surface area contributed by atoms with Crippen molar-refractivity contribution in [1.29, 1.82) is 0 Å². The molecule has 1 atom stereocenters. The molecule has 1 aliphatic rings. The van der Waals surface area contributed by atoms with Gasteiger partial charge in [0.1, 0.15) is 5.82 Å². The standard InChI is InChI=1S/C16H20N8O/c17-6-9-23-11-13(18-21-23)16(25)22-7-3-4-12(10-22)15-20-19-14-5-1-2-8-24(14)15/h1-2,5,8,11-12H,3-4,6-7,9-10,17H2/t12-/m0/s1. The average molecular weight is 340 g/mol. The zero-order valence-electron chi connectivity index (χ0n) is 13.8. The van der Waals surface area contributed by atoms with Gasteiger partial charge in [0.05, 0.1) is 12.7 Å². The Morgan fingerprint density at radius 3 is 3.08 bits per heavy atom. The first-order valence-corrected chi connectivity index (χ1v) is 8.45. The first-order valence-electron chi connectivity index (χ1n) is 8.45. The lowest BCUT2D eigenvalue weighted by atomic mass is 9.97. The molecule has 2 N–H and O–H groups in total. The highest BCUT2D eigenvalue weighted by atomic mass is 16.2. The molecule has 0 spiro atoms. The van der Waals surface area contributed by atoms with E-state index in [1.54, 1.807) is 10.9 Å². The van der Waals surface area contributed by atoms with E-state index in [4.69, 9.17) is 5.73 Å². The van der Waals surface area contributed by atoms with Crippen molar-refractivity contribution < 1.29 is 4.79 Å². The molecule has 3 aromatic rings. The number of fused-ring (bicyclic) bond motifs is 1. The van der Waals surface area contributed by atoms with Crippen molar-refractivity contribution in [2.24, 2.45) is 5.73 Å². The normalized spacial score (nSPS) is 18.0. The highest BCUT2D eigenvalue weighted by Crippen LogP contribution is 2.26. The molecule has 4 rings (SSSR count). The molecule has 1 saturated heterocycles. The third-order valence-corrected chi connectivity index (χ3v) is 4.53. The summed E-state index contributed by atoms with van der Waals surface area (Å²) in [4.78, 5) is 14.6. The van der Waals surface area contributed by atoms with Gasteiger partial charge in [0, 0.05) is 31.7 Å². The van der Waals surface area contributed by atoms with Crippen LogP contribution in [-0.4, -0.2) is 60.0 Å². The summed E-state index contributed by atoms with van der Waals surface area (Å²) in [6.45, 7) is 2.34. The van der Waals surface area contributed by atoms with Crippen LogP contribution in [0, 0.1) is 0 Å². The Bertz CT molecular complexity index is 885. The summed E-state index contributed by atoms with van der Waals surface area (Å²) in [5, 5.41) is 16.5. The molecule has 130 valence electrons. The summed E-state index contributed by atoms with van der Waals surface area (Å²) in [5.41, 5.74) is 6.69. The van der Waals surface area contributed by atoms with Gasteiger partial charge in [-0.2, -0.15) is 0 Å². The second-order valence-electron chi connectivity index (χ2n) is 6.23. The smallest absolute Gasteiger partial charge is 0.276 e. The van der Waals surface area contributed by atoms with E-state index in [2.05, 4.69) is 20.5 Å². The fraction of sp³-hybridized carbons (Fsp3) is 0.438. The van der Waals surface area contributed by atoms with Gasteiger partial charge in [-0.25, -0.2) is 0 Å². The molecule has 9 nitrogen and oxygen atoms in total. The number of nitrogens with two attached hydrogens (primary N) is 1. The topological polar surface area (TPSA) is 107 Å². The van der Waals surface area contributed by atoms with Crippen molar-refractivity contribution in [2.45, 2.75) is 25.3 Å². The van der Waals surface area contributed by atoms with Gasteiger partial charge in [0.2, 0.25) is 0 Å². The first kappa shape index (κ1) is 15.7. The summed E-state index contributed by atoms with van der Waals surface area (Å²) in [7, 11) is 0. The second kappa shape index (κ2) is 6.60. The van der Waals surface area contributed by atoms with E-state index in [9.17, 15) is 4.79 Å². The molecule has 0 bridgehead atoms. The lowest BCUT2D eigenvalue weighted by Crippen LogP contribution is -2.39. The molecular formula is C16H20N8O. The monoisotopic (exact) mass is 340 g/mol. The average Bonchev–Trinajstić information content (AvgIpc) is 3.28. The number of carbonyl (C=O) groups excluding carboxylic acids is 1. The highest BCUT2D eigenvalue weighted by molar-refractivity contribution is 5.92. The Hall–Kier alpha value is -2.81. The Labute approximate surface area is 144 Å². The SMILES string of the molecule is NCCn1cc(C(=O)N2CCC[C@H](c3nnc4ccccn34)C2)nn1. The van der Waals surface area contributed by atoms with E-state index in [0.717, 1.165) is 30.9 Å². The maximum atomic E-state index is 12.7. The number of hydrogen-bond donors (Lipinski definition) is 1. The van der Waals surface area contributed by atoms with E-state index in [1.165, 1.54) is 0 Å². The number of aromatic nitrogens is 6. The molecule has 9 heteroatoms. The van der Waals surface area contributed by atoms with Crippen LogP contribution in [0.5, 0.6) is 0 Å². The number of likely N-dealkylation sites (tertiary alicyclic amines) is 1. The van der Waals surface area contributed by atoms with Crippen molar-refractivity contribution in [3.8, 4) is 0 Å². The van der Waals surface area contributed by atoms with Crippen LogP contribution in [0.2, 0.25) is 0 Å². The van der Waals surface area contributed by atoms with Gasteiger partial charge in [-0.3, -0.25) is 13.9 Å². The van der Waals surface area contributed by atoms with Gasteiger partial charge in [0.15, 0.2) is 11.3 Å². The number of carbonyl (C=O) groups is 1. The van der Waals surface area contributed by atoms with E-state index >= 15 is 0 Å². The maximum Gasteiger partial charge on any atom is 0.276 e. The zero-order chi connectivity index (χ0) is 17.2. The molecule has 1 aliphatic heterocycles. The number of nitrogens with zero attached hydrogens (tertiary/aromatic N) is 7. The van der Waals surface area contributed by atoms with Gasteiger partial charge in [-0.05, 0) is 25.0 Å². The van der Waals surface area contributed by atoms with Crippen LogP contribution >= 0.6 is 0 Å². The Balaban J connectivity index is 1.53. The number of amides is 1. The number of hydrogen-bond acceptors (Lipinski definition) is 6. The summed E-state index contributed by atoms with van der Waals surface area (Å²) < 4.78 is 3.59. The van der Waals surface area contributed by atoms with E-state index in [1.807, 2.05) is 33.7 Å². The molecule has 4 heterocycles. The van der Waals surface area contributed by atoms with Crippen molar-refractivity contribution in [1.82, 2.24) is 34.5 Å². The van der Waals surface area contributed by atoms with Crippen LogP contribution in [-0.2, 0) is 6.54 Å². The van der Waals surface area contributed by atoms with Crippen LogP contribution in [0.15, 0.2) is 30.6 Å². The van der Waals surface area contributed by atoms with Crippen LogP contribution < -0.4 is 5.73 Å². The van der Waals surface area contributed by atoms with Crippen LogP contribution in [0.25, 0.3) is 5.65 Å². The first-order chi connectivity index (χ1) is 12.3. The summed E-state index contributed by atoms with van der Waals surface area (Å²) in [6, 6.07) is 5.83. The number of pyridine rings is 1. The number of rotatable bonds is 4. The van der Waals surface area contributed by atoms with Gasteiger partial charge in [-0.1, -0.05) is 11.3 Å². The number of piperidine rings is 1. The summed E-state index contributed by atoms with van der Waals surface area (Å²) in [5.74, 6) is 0.968. The molecule has 0 saturated carbocycles. The predicted octanol–water partition coefficient (Wildman–Crippen LogP) is 0.299. The Kier molecular flexibility index (Phi) is 4.14. The fourth-order valence-corrected chi connectivity index (χ4v) is 3.31. The second-order valence-corrected chi connectivity index (χ2v) is 6.23. The lowest BCUT2D eigenvalue weighted by molar-refractivity contribution is 0.0698. The quantitative estimate of drug-likeness (QED) is 0.732. The van der Waals surface area contributed by atoms with Crippen molar-refractivity contribution >= 4 is 11.6 Å². The van der Waals surface area contributed by atoms with Gasteiger partial charge >= 0.3 is 0 Å². The largest absolute Gasteiger partial charge is 0.336 e. The van der Waals surface area contributed by atoms with Crippen molar-refractivity contribution in [3.05, 3.63) is 42.1 Å². The lowest BCUT2D eigenvalue weighted by Gasteiger charge is -2.31. The molecular weight excluding hydrogens is 320 g/mol. The molecule has 1 amide bonds. The maximum absolute atomic E-state index is 12.7. The van der Waals surface area contributed by atoms with Crippen LogP contribution in [0.1, 0.15) is 35.1 Å².